The van der Waals surface area contributed by atoms with Crippen LogP contribution in [-0.2, 0) is 0 Å². The summed E-state index contributed by atoms with van der Waals surface area (Å²) in [6.07, 6.45) is -0.325. The third-order valence-electron chi connectivity index (χ3n) is 4.52. The van der Waals surface area contributed by atoms with Gasteiger partial charge in [-0.05, 0) is 54.4 Å². The fourth-order valence-electron chi connectivity index (χ4n) is 3.16. The third-order valence-corrected chi connectivity index (χ3v) is 5.43. The second-order valence-electron chi connectivity index (χ2n) is 6.26. The van der Waals surface area contributed by atoms with Crippen LogP contribution in [0.1, 0.15) is 27.7 Å². The first-order valence-corrected chi connectivity index (χ1v) is 9.42. The van der Waals surface area contributed by atoms with E-state index in [2.05, 4.69) is 21.2 Å². The molecule has 3 nitrogen and oxygen atoms in total. The smallest absolute Gasteiger partial charge is 0.262 e. The van der Waals surface area contributed by atoms with Crippen molar-refractivity contribution in [3.05, 3.63) is 92.9 Å². The summed E-state index contributed by atoms with van der Waals surface area (Å²) >= 11 is 9.85. The molecule has 3 aromatic rings. The highest BCUT2D eigenvalue weighted by atomic mass is 79.9. The van der Waals surface area contributed by atoms with E-state index in [0.717, 1.165) is 27.0 Å². The van der Waals surface area contributed by atoms with Crippen LogP contribution in [0.2, 0.25) is 5.02 Å². The molecular formula is C21H16BrClN2O. The van der Waals surface area contributed by atoms with Gasteiger partial charge in [-0.25, -0.2) is 0 Å². The Morgan fingerprint density at radius 1 is 1.04 bits per heavy atom. The fraction of sp³-hybridized carbons (Fsp3) is 0.0952. The summed E-state index contributed by atoms with van der Waals surface area (Å²) in [5, 5.41) is 4.14. The molecule has 3 aromatic carbocycles. The van der Waals surface area contributed by atoms with Gasteiger partial charge in [0.15, 0.2) is 0 Å². The zero-order chi connectivity index (χ0) is 18.3. The lowest BCUT2D eigenvalue weighted by Crippen LogP contribution is -2.43. The minimum Gasteiger partial charge on any atom is -0.360 e. The lowest BCUT2D eigenvalue weighted by Gasteiger charge is -2.38. The zero-order valence-electron chi connectivity index (χ0n) is 14.0. The Hall–Kier alpha value is -2.30. The summed E-state index contributed by atoms with van der Waals surface area (Å²) in [6, 6.07) is 21.2. The Morgan fingerprint density at radius 2 is 1.85 bits per heavy atom. The average Bonchev–Trinajstić information content (AvgIpc) is 2.64. The second-order valence-corrected chi connectivity index (χ2v) is 7.58. The van der Waals surface area contributed by atoms with E-state index in [1.54, 1.807) is 4.90 Å². The molecular weight excluding hydrogens is 412 g/mol. The van der Waals surface area contributed by atoms with E-state index in [9.17, 15) is 4.79 Å². The zero-order valence-corrected chi connectivity index (χ0v) is 16.4. The molecule has 1 aliphatic rings. The number of nitrogens with zero attached hydrogens (tertiary/aromatic N) is 1. The number of benzene rings is 3. The van der Waals surface area contributed by atoms with Gasteiger partial charge < -0.3 is 5.32 Å². The lowest BCUT2D eigenvalue weighted by molar-refractivity contribution is 0.0975. The number of rotatable bonds is 2. The molecule has 5 heteroatoms. The molecule has 0 saturated carbocycles. The summed E-state index contributed by atoms with van der Waals surface area (Å²) in [6.45, 7) is 1.95. The van der Waals surface area contributed by atoms with Gasteiger partial charge in [-0.1, -0.05) is 57.9 Å². The lowest BCUT2D eigenvalue weighted by atomic mass is 10.0. The van der Waals surface area contributed by atoms with E-state index < -0.39 is 0 Å². The summed E-state index contributed by atoms with van der Waals surface area (Å²) in [5.41, 5.74) is 4.20. The number of nitrogens with one attached hydrogen (secondary N) is 1. The first kappa shape index (κ1) is 17.1. The van der Waals surface area contributed by atoms with Gasteiger partial charge in [0.25, 0.3) is 5.91 Å². The Kier molecular flexibility index (Phi) is 4.47. The number of fused-ring (bicyclic) bond motifs is 1. The Morgan fingerprint density at radius 3 is 2.62 bits per heavy atom. The number of para-hydroxylation sites is 1. The van der Waals surface area contributed by atoms with E-state index in [1.807, 2.05) is 73.7 Å². The highest BCUT2D eigenvalue weighted by molar-refractivity contribution is 9.10. The number of amides is 1. The molecule has 0 aromatic heterocycles. The number of hydrogen-bond donors (Lipinski definition) is 1. The molecule has 1 aliphatic heterocycles. The fourth-order valence-corrected chi connectivity index (χ4v) is 3.75. The van der Waals surface area contributed by atoms with Crippen molar-refractivity contribution in [2.24, 2.45) is 0 Å². The Bertz CT molecular complexity index is 1000. The van der Waals surface area contributed by atoms with Gasteiger partial charge in [0.2, 0.25) is 0 Å². The summed E-state index contributed by atoms with van der Waals surface area (Å²) in [5.74, 6) is -0.0516. The van der Waals surface area contributed by atoms with E-state index in [1.165, 1.54) is 0 Å². The van der Waals surface area contributed by atoms with E-state index in [0.29, 0.717) is 10.6 Å². The van der Waals surface area contributed by atoms with Crippen molar-refractivity contribution in [3.63, 3.8) is 0 Å². The molecule has 26 heavy (non-hydrogen) atoms. The van der Waals surface area contributed by atoms with Gasteiger partial charge in [0, 0.05) is 20.9 Å². The number of halogens is 2. The van der Waals surface area contributed by atoms with Crippen molar-refractivity contribution in [3.8, 4) is 0 Å². The van der Waals surface area contributed by atoms with Crippen molar-refractivity contribution in [2.45, 2.75) is 13.1 Å². The predicted molar refractivity (Wildman–Crippen MR) is 110 cm³/mol. The van der Waals surface area contributed by atoms with Crippen molar-refractivity contribution in [1.29, 1.82) is 0 Å². The van der Waals surface area contributed by atoms with Crippen LogP contribution in [0.5, 0.6) is 0 Å². The number of anilines is 2. The highest BCUT2D eigenvalue weighted by Gasteiger charge is 2.34. The number of aryl methyl sites for hydroxylation is 1. The Labute approximate surface area is 165 Å². The van der Waals surface area contributed by atoms with Crippen molar-refractivity contribution >= 4 is 44.8 Å². The first-order chi connectivity index (χ1) is 12.5. The quantitative estimate of drug-likeness (QED) is 0.529. The predicted octanol–water partition coefficient (Wildman–Crippen LogP) is 6.18. The molecule has 0 unspecified atom stereocenters. The normalized spacial score (nSPS) is 16.2. The molecule has 0 aliphatic carbocycles. The summed E-state index contributed by atoms with van der Waals surface area (Å²) in [4.78, 5) is 15.1. The standard InChI is InChI=1S/C21H16BrClN2O/c1-13-9-10-16(12-18(13)23)25-20(14-5-4-6-15(22)11-14)24-19-8-3-2-7-17(19)21(25)26/h2-12,20,24H,1H3/t20-/m0/s1. The summed E-state index contributed by atoms with van der Waals surface area (Å²) < 4.78 is 0.963. The van der Waals surface area contributed by atoms with Crippen LogP contribution in [0.4, 0.5) is 11.4 Å². The van der Waals surface area contributed by atoms with Crippen molar-refractivity contribution in [1.82, 2.24) is 0 Å². The van der Waals surface area contributed by atoms with Gasteiger partial charge >= 0.3 is 0 Å². The maximum absolute atomic E-state index is 13.3. The molecule has 1 N–H and O–H groups in total. The largest absolute Gasteiger partial charge is 0.360 e. The molecule has 1 atom stereocenters. The molecule has 0 spiro atoms. The SMILES string of the molecule is Cc1ccc(N2C(=O)c3ccccc3N[C@@H]2c2cccc(Br)c2)cc1Cl. The summed E-state index contributed by atoms with van der Waals surface area (Å²) in [7, 11) is 0. The molecule has 0 fully saturated rings. The second kappa shape index (κ2) is 6.78. The van der Waals surface area contributed by atoms with Gasteiger partial charge in [-0.15, -0.1) is 0 Å². The van der Waals surface area contributed by atoms with Crippen LogP contribution in [0.15, 0.2) is 71.2 Å². The molecule has 130 valence electrons. The first-order valence-electron chi connectivity index (χ1n) is 8.25. The van der Waals surface area contributed by atoms with E-state index >= 15 is 0 Å². The maximum atomic E-state index is 13.3. The minimum atomic E-state index is -0.325. The van der Waals surface area contributed by atoms with Gasteiger partial charge in [-0.2, -0.15) is 0 Å². The van der Waals surface area contributed by atoms with Crippen LogP contribution in [0.3, 0.4) is 0 Å². The van der Waals surface area contributed by atoms with E-state index in [4.69, 9.17) is 11.6 Å². The highest BCUT2D eigenvalue weighted by Crippen LogP contribution is 2.38. The molecule has 0 saturated heterocycles. The maximum Gasteiger partial charge on any atom is 0.262 e. The molecule has 0 bridgehead atoms. The average molecular weight is 428 g/mol. The van der Waals surface area contributed by atoms with Crippen LogP contribution >= 0.6 is 27.5 Å². The van der Waals surface area contributed by atoms with Crippen LogP contribution in [-0.4, -0.2) is 5.91 Å². The molecule has 0 radical (unpaired) electrons. The number of carbonyl (C=O) groups excluding carboxylic acids is 1. The minimum absolute atomic E-state index is 0.0516. The van der Waals surface area contributed by atoms with Crippen molar-refractivity contribution in [2.75, 3.05) is 10.2 Å². The number of carbonyl (C=O) groups is 1. The van der Waals surface area contributed by atoms with Gasteiger partial charge in [0.1, 0.15) is 6.17 Å². The van der Waals surface area contributed by atoms with Crippen molar-refractivity contribution < 1.29 is 4.79 Å². The topological polar surface area (TPSA) is 32.3 Å². The van der Waals surface area contributed by atoms with Crippen LogP contribution < -0.4 is 10.2 Å². The van der Waals surface area contributed by atoms with Crippen LogP contribution in [0, 0.1) is 6.92 Å². The monoisotopic (exact) mass is 426 g/mol. The molecule has 1 heterocycles. The van der Waals surface area contributed by atoms with E-state index in [-0.39, 0.29) is 12.1 Å². The van der Waals surface area contributed by atoms with Gasteiger partial charge in [-0.3, -0.25) is 9.69 Å². The van der Waals surface area contributed by atoms with Crippen LogP contribution in [0.25, 0.3) is 0 Å². The number of hydrogen-bond acceptors (Lipinski definition) is 2. The Balaban J connectivity index is 1.88. The third kappa shape index (κ3) is 3.00. The van der Waals surface area contributed by atoms with Gasteiger partial charge in [0.05, 0.1) is 5.56 Å². The molecule has 1 amide bonds. The molecule has 4 rings (SSSR count).